The summed E-state index contributed by atoms with van der Waals surface area (Å²) in [4.78, 5) is 16.3. The summed E-state index contributed by atoms with van der Waals surface area (Å²) in [6, 6.07) is 6.47. The molecule has 1 aromatic carbocycles. The third-order valence-electron chi connectivity index (χ3n) is 4.36. The number of nitrogens with one attached hydrogen (secondary N) is 1. The number of hydrogen-bond donors (Lipinski definition) is 1. The molecule has 1 N–H and O–H groups in total. The van der Waals surface area contributed by atoms with E-state index in [1.807, 2.05) is 4.90 Å². The number of anilines is 2. The van der Waals surface area contributed by atoms with Crippen molar-refractivity contribution in [2.24, 2.45) is 0 Å². The molecule has 128 valence electrons. The molecule has 1 aliphatic rings. The SMILES string of the molecule is CCN(CC)c1ccc(NCCC(=O)N2CCOCC2)c(C)c1. The molecular formula is C18H29N3O2. The first-order chi connectivity index (χ1) is 11.2. The van der Waals surface area contributed by atoms with Gasteiger partial charge in [-0.15, -0.1) is 0 Å². The van der Waals surface area contributed by atoms with Gasteiger partial charge in [0.25, 0.3) is 0 Å². The molecule has 2 rings (SSSR count). The number of amides is 1. The Balaban J connectivity index is 1.84. The molecule has 1 heterocycles. The molecule has 1 fully saturated rings. The van der Waals surface area contributed by atoms with Crippen LogP contribution in [0.3, 0.4) is 0 Å². The molecule has 0 aromatic heterocycles. The van der Waals surface area contributed by atoms with Crippen LogP contribution in [0.1, 0.15) is 25.8 Å². The Labute approximate surface area is 139 Å². The van der Waals surface area contributed by atoms with E-state index in [0.29, 0.717) is 26.2 Å². The van der Waals surface area contributed by atoms with E-state index >= 15 is 0 Å². The highest BCUT2D eigenvalue weighted by Crippen LogP contribution is 2.22. The highest BCUT2D eigenvalue weighted by atomic mass is 16.5. The van der Waals surface area contributed by atoms with Crippen molar-refractivity contribution in [2.75, 3.05) is 56.2 Å². The van der Waals surface area contributed by atoms with Crippen LogP contribution in [0, 0.1) is 6.92 Å². The number of benzene rings is 1. The van der Waals surface area contributed by atoms with Crippen molar-refractivity contribution in [1.82, 2.24) is 4.90 Å². The lowest BCUT2D eigenvalue weighted by molar-refractivity contribution is -0.134. The molecule has 1 saturated heterocycles. The lowest BCUT2D eigenvalue weighted by atomic mass is 10.1. The number of rotatable bonds is 7. The van der Waals surface area contributed by atoms with Gasteiger partial charge in [-0.05, 0) is 44.5 Å². The summed E-state index contributed by atoms with van der Waals surface area (Å²) in [6.07, 6.45) is 0.525. The van der Waals surface area contributed by atoms with Crippen molar-refractivity contribution in [3.63, 3.8) is 0 Å². The van der Waals surface area contributed by atoms with Gasteiger partial charge in [0, 0.05) is 50.5 Å². The highest BCUT2D eigenvalue weighted by Gasteiger charge is 2.16. The van der Waals surface area contributed by atoms with E-state index < -0.39 is 0 Å². The monoisotopic (exact) mass is 319 g/mol. The fourth-order valence-electron chi connectivity index (χ4n) is 2.91. The van der Waals surface area contributed by atoms with Crippen molar-refractivity contribution in [1.29, 1.82) is 0 Å². The predicted octanol–water partition coefficient (Wildman–Crippen LogP) is 2.50. The van der Waals surface area contributed by atoms with Gasteiger partial charge in [-0.3, -0.25) is 4.79 Å². The van der Waals surface area contributed by atoms with Crippen LogP contribution in [-0.2, 0) is 9.53 Å². The normalized spacial score (nSPS) is 14.7. The van der Waals surface area contributed by atoms with Crippen molar-refractivity contribution < 1.29 is 9.53 Å². The summed E-state index contributed by atoms with van der Waals surface area (Å²) >= 11 is 0. The van der Waals surface area contributed by atoms with Crippen molar-refractivity contribution in [3.05, 3.63) is 23.8 Å². The van der Waals surface area contributed by atoms with Gasteiger partial charge in [-0.25, -0.2) is 0 Å². The van der Waals surface area contributed by atoms with Crippen LogP contribution in [0.2, 0.25) is 0 Å². The molecule has 5 nitrogen and oxygen atoms in total. The summed E-state index contributed by atoms with van der Waals surface area (Å²) in [7, 11) is 0. The fraction of sp³-hybridized carbons (Fsp3) is 0.611. The highest BCUT2D eigenvalue weighted by molar-refractivity contribution is 5.77. The molecule has 0 spiro atoms. The van der Waals surface area contributed by atoms with E-state index in [0.717, 1.165) is 31.9 Å². The van der Waals surface area contributed by atoms with Gasteiger partial charge in [0.15, 0.2) is 0 Å². The van der Waals surface area contributed by atoms with Crippen molar-refractivity contribution in [3.8, 4) is 0 Å². The van der Waals surface area contributed by atoms with Crippen molar-refractivity contribution in [2.45, 2.75) is 27.2 Å². The number of hydrogen-bond acceptors (Lipinski definition) is 4. The predicted molar refractivity (Wildman–Crippen MR) is 95.2 cm³/mol. The number of carbonyl (C=O) groups excluding carboxylic acids is 1. The zero-order chi connectivity index (χ0) is 16.7. The van der Waals surface area contributed by atoms with Crippen LogP contribution in [0.5, 0.6) is 0 Å². The molecule has 5 heteroatoms. The van der Waals surface area contributed by atoms with E-state index in [1.165, 1.54) is 11.3 Å². The van der Waals surface area contributed by atoms with Gasteiger partial charge in [0.05, 0.1) is 13.2 Å². The summed E-state index contributed by atoms with van der Waals surface area (Å²) in [5, 5.41) is 3.39. The minimum atomic E-state index is 0.207. The molecule has 0 unspecified atom stereocenters. The lowest BCUT2D eigenvalue weighted by Gasteiger charge is -2.27. The molecule has 0 atom stereocenters. The van der Waals surface area contributed by atoms with E-state index in [1.54, 1.807) is 0 Å². The van der Waals surface area contributed by atoms with E-state index in [2.05, 4.69) is 49.2 Å². The molecule has 0 aliphatic carbocycles. The summed E-state index contributed by atoms with van der Waals surface area (Å²) in [6.45, 7) is 11.9. The van der Waals surface area contributed by atoms with Crippen LogP contribution < -0.4 is 10.2 Å². The van der Waals surface area contributed by atoms with Crippen LogP contribution in [0.4, 0.5) is 11.4 Å². The second-order valence-electron chi connectivity index (χ2n) is 5.84. The van der Waals surface area contributed by atoms with Crippen LogP contribution in [0.15, 0.2) is 18.2 Å². The number of morpholine rings is 1. The fourth-order valence-corrected chi connectivity index (χ4v) is 2.91. The van der Waals surface area contributed by atoms with E-state index in [-0.39, 0.29) is 5.91 Å². The molecular weight excluding hydrogens is 290 g/mol. The average Bonchev–Trinajstić information content (AvgIpc) is 2.58. The minimum Gasteiger partial charge on any atom is -0.384 e. The third-order valence-corrected chi connectivity index (χ3v) is 4.36. The van der Waals surface area contributed by atoms with Gasteiger partial charge < -0.3 is 19.9 Å². The first-order valence-electron chi connectivity index (χ1n) is 8.60. The number of nitrogens with zero attached hydrogens (tertiary/aromatic N) is 2. The number of carbonyl (C=O) groups is 1. The Bertz CT molecular complexity index is 509. The molecule has 1 amide bonds. The molecule has 1 aliphatic heterocycles. The standard InChI is InChI=1S/C18H29N3O2/c1-4-20(5-2)16-6-7-17(15(3)14-16)19-9-8-18(22)21-10-12-23-13-11-21/h6-7,14,19H,4-5,8-13H2,1-3H3. The van der Waals surface area contributed by atoms with Crippen LogP contribution in [0.25, 0.3) is 0 Å². The maximum Gasteiger partial charge on any atom is 0.224 e. The second kappa shape index (κ2) is 8.77. The molecule has 23 heavy (non-hydrogen) atoms. The third kappa shape index (κ3) is 4.86. The summed E-state index contributed by atoms with van der Waals surface area (Å²) in [5.41, 5.74) is 3.58. The first kappa shape index (κ1) is 17.6. The Morgan fingerprint density at radius 3 is 2.57 bits per heavy atom. The van der Waals surface area contributed by atoms with Crippen molar-refractivity contribution >= 4 is 17.3 Å². The molecule has 0 radical (unpaired) electrons. The maximum absolute atomic E-state index is 12.1. The Kier molecular flexibility index (Phi) is 6.71. The molecule has 0 saturated carbocycles. The first-order valence-corrected chi connectivity index (χ1v) is 8.60. The average molecular weight is 319 g/mol. The Hall–Kier alpha value is -1.75. The minimum absolute atomic E-state index is 0.207. The van der Waals surface area contributed by atoms with Gasteiger partial charge in [0.2, 0.25) is 5.91 Å². The van der Waals surface area contributed by atoms with E-state index in [4.69, 9.17) is 4.74 Å². The Morgan fingerprint density at radius 1 is 1.26 bits per heavy atom. The topological polar surface area (TPSA) is 44.8 Å². The number of ether oxygens (including phenoxy) is 1. The zero-order valence-electron chi connectivity index (χ0n) is 14.6. The largest absolute Gasteiger partial charge is 0.384 e. The second-order valence-corrected chi connectivity index (χ2v) is 5.84. The van der Waals surface area contributed by atoms with Gasteiger partial charge >= 0.3 is 0 Å². The van der Waals surface area contributed by atoms with Gasteiger partial charge in [0.1, 0.15) is 0 Å². The number of aryl methyl sites for hydroxylation is 1. The summed E-state index contributed by atoms with van der Waals surface area (Å²) < 4.78 is 5.27. The van der Waals surface area contributed by atoms with Crippen LogP contribution >= 0.6 is 0 Å². The lowest BCUT2D eigenvalue weighted by Crippen LogP contribution is -2.41. The smallest absolute Gasteiger partial charge is 0.224 e. The Morgan fingerprint density at radius 2 is 1.96 bits per heavy atom. The zero-order valence-corrected chi connectivity index (χ0v) is 14.6. The quantitative estimate of drug-likeness (QED) is 0.839. The molecule has 1 aromatic rings. The summed E-state index contributed by atoms with van der Waals surface area (Å²) in [5.74, 6) is 0.207. The van der Waals surface area contributed by atoms with Gasteiger partial charge in [-0.1, -0.05) is 0 Å². The van der Waals surface area contributed by atoms with Crippen LogP contribution in [-0.4, -0.2) is 56.7 Å². The molecule has 0 bridgehead atoms. The van der Waals surface area contributed by atoms with E-state index in [9.17, 15) is 4.79 Å². The maximum atomic E-state index is 12.1. The van der Waals surface area contributed by atoms with Gasteiger partial charge in [-0.2, -0.15) is 0 Å².